The molecule has 108 valence electrons. The smallest absolute Gasteiger partial charge is 0.255 e. The summed E-state index contributed by atoms with van der Waals surface area (Å²) in [7, 11) is 0. The Hall–Kier alpha value is -1.05. The number of carbonyl (C=O) groups excluding carboxylic acids is 1. The molecule has 20 heavy (non-hydrogen) atoms. The maximum absolute atomic E-state index is 13.0. The molecule has 0 saturated carbocycles. The monoisotopic (exact) mass is 359 g/mol. The molecule has 1 saturated heterocycles. The van der Waals surface area contributed by atoms with E-state index < -0.39 is 0 Å². The van der Waals surface area contributed by atoms with Crippen molar-refractivity contribution < 1.29 is 9.18 Å². The van der Waals surface area contributed by atoms with Gasteiger partial charge in [0.1, 0.15) is 5.82 Å². The van der Waals surface area contributed by atoms with Crippen molar-refractivity contribution in [3.05, 3.63) is 34.1 Å². The Kier molecular flexibility index (Phi) is 5.06. The predicted octanol–water partition coefficient (Wildman–Crippen LogP) is 1.63. The van der Waals surface area contributed by atoms with Gasteiger partial charge in [0.2, 0.25) is 0 Å². The fourth-order valence-corrected chi connectivity index (χ4v) is 2.87. The van der Waals surface area contributed by atoms with Gasteiger partial charge in [0, 0.05) is 37.2 Å². The standard InChI is InChI=1S/C13H15BrFN3OS/c14-11-7-9(15)1-2-10(11)13(19)18-5-3-17(4-6-18)8-12(16)20/h1-2,7H,3-6,8H2,(H2,16,20). The SMILES string of the molecule is NC(=S)CN1CCN(C(=O)c2ccc(F)cc2Br)CC1. The minimum atomic E-state index is -0.366. The average Bonchev–Trinajstić information content (AvgIpc) is 2.38. The van der Waals surface area contributed by atoms with Crippen LogP contribution in [0.15, 0.2) is 22.7 Å². The quantitative estimate of drug-likeness (QED) is 0.833. The Morgan fingerprint density at radius 3 is 2.55 bits per heavy atom. The lowest BCUT2D eigenvalue weighted by Gasteiger charge is -2.34. The number of hydrogen-bond acceptors (Lipinski definition) is 3. The topological polar surface area (TPSA) is 49.6 Å². The largest absolute Gasteiger partial charge is 0.392 e. The minimum absolute atomic E-state index is 0.0909. The van der Waals surface area contributed by atoms with Gasteiger partial charge in [0.05, 0.1) is 10.6 Å². The number of nitrogens with zero attached hydrogens (tertiary/aromatic N) is 2. The van der Waals surface area contributed by atoms with Crippen LogP contribution in [-0.2, 0) is 0 Å². The molecule has 0 bridgehead atoms. The van der Waals surface area contributed by atoms with E-state index in [2.05, 4.69) is 20.8 Å². The summed E-state index contributed by atoms with van der Waals surface area (Å²) < 4.78 is 13.5. The summed E-state index contributed by atoms with van der Waals surface area (Å²) in [6, 6.07) is 4.10. The van der Waals surface area contributed by atoms with Crippen molar-refractivity contribution in [3.8, 4) is 0 Å². The first kappa shape index (κ1) is 15.3. The maximum Gasteiger partial charge on any atom is 0.255 e. The molecular weight excluding hydrogens is 345 g/mol. The Bertz CT molecular complexity index is 532. The molecule has 1 aliphatic rings. The number of hydrogen-bond donors (Lipinski definition) is 1. The normalized spacial score (nSPS) is 16.2. The molecule has 4 nitrogen and oxygen atoms in total. The molecule has 1 heterocycles. The number of halogens is 2. The summed E-state index contributed by atoms with van der Waals surface area (Å²) in [5.41, 5.74) is 5.99. The van der Waals surface area contributed by atoms with Crippen molar-refractivity contribution >= 4 is 39.0 Å². The van der Waals surface area contributed by atoms with Crippen LogP contribution in [-0.4, -0.2) is 53.4 Å². The van der Waals surface area contributed by atoms with E-state index >= 15 is 0 Å². The molecule has 1 aromatic rings. The average molecular weight is 360 g/mol. The van der Waals surface area contributed by atoms with E-state index in [1.54, 1.807) is 4.90 Å². The molecule has 0 radical (unpaired) electrons. The number of nitrogens with two attached hydrogens (primary N) is 1. The van der Waals surface area contributed by atoms with Crippen LogP contribution in [0.5, 0.6) is 0 Å². The second kappa shape index (κ2) is 6.60. The first-order chi connectivity index (χ1) is 9.47. The van der Waals surface area contributed by atoms with Crippen LogP contribution in [0.3, 0.4) is 0 Å². The molecule has 1 fully saturated rings. The molecule has 7 heteroatoms. The zero-order chi connectivity index (χ0) is 14.7. The fourth-order valence-electron chi connectivity index (χ4n) is 2.16. The lowest BCUT2D eigenvalue weighted by atomic mass is 10.1. The second-order valence-corrected chi connectivity index (χ2v) is 6.04. The Balaban J connectivity index is 1.99. The predicted molar refractivity (Wildman–Crippen MR) is 83.2 cm³/mol. The summed E-state index contributed by atoms with van der Waals surface area (Å²) in [5, 5.41) is 0. The number of benzene rings is 1. The van der Waals surface area contributed by atoms with Crippen LogP contribution in [0, 0.1) is 5.82 Å². The zero-order valence-electron chi connectivity index (χ0n) is 10.8. The van der Waals surface area contributed by atoms with Gasteiger partial charge >= 0.3 is 0 Å². The molecule has 1 amide bonds. The van der Waals surface area contributed by atoms with Gasteiger partial charge in [-0.1, -0.05) is 12.2 Å². The first-order valence-corrected chi connectivity index (χ1v) is 7.42. The highest BCUT2D eigenvalue weighted by Gasteiger charge is 2.23. The van der Waals surface area contributed by atoms with Crippen molar-refractivity contribution in [3.63, 3.8) is 0 Å². The summed E-state index contributed by atoms with van der Waals surface area (Å²) in [6.07, 6.45) is 0. The van der Waals surface area contributed by atoms with Gasteiger partial charge in [-0.2, -0.15) is 0 Å². The molecule has 2 rings (SSSR count). The van der Waals surface area contributed by atoms with Gasteiger partial charge in [0.25, 0.3) is 5.91 Å². The van der Waals surface area contributed by atoms with E-state index in [1.165, 1.54) is 18.2 Å². The van der Waals surface area contributed by atoms with E-state index in [-0.39, 0.29) is 11.7 Å². The summed E-state index contributed by atoms with van der Waals surface area (Å²) in [4.78, 5) is 16.7. The third-order valence-electron chi connectivity index (χ3n) is 3.20. The van der Waals surface area contributed by atoms with Gasteiger partial charge in [0.15, 0.2) is 0 Å². The van der Waals surface area contributed by atoms with Crippen molar-refractivity contribution in [2.24, 2.45) is 5.73 Å². The number of piperazine rings is 1. The lowest BCUT2D eigenvalue weighted by Crippen LogP contribution is -2.50. The van der Waals surface area contributed by atoms with Crippen LogP contribution in [0.25, 0.3) is 0 Å². The summed E-state index contributed by atoms with van der Waals surface area (Å²) >= 11 is 8.10. The van der Waals surface area contributed by atoms with E-state index in [4.69, 9.17) is 18.0 Å². The molecule has 0 atom stereocenters. The van der Waals surface area contributed by atoms with Crippen LogP contribution >= 0.6 is 28.1 Å². The van der Waals surface area contributed by atoms with Gasteiger partial charge in [-0.25, -0.2) is 4.39 Å². The number of rotatable bonds is 3. The van der Waals surface area contributed by atoms with Crippen LogP contribution in [0.1, 0.15) is 10.4 Å². The Labute approximate surface area is 130 Å². The highest BCUT2D eigenvalue weighted by Crippen LogP contribution is 2.20. The van der Waals surface area contributed by atoms with E-state index in [9.17, 15) is 9.18 Å². The van der Waals surface area contributed by atoms with Crippen LogP contribution in [0.4, 0.5) is 4.39 Å². The Morgan fingerprint density at radius 2 is 2.00 bits per heavy atom. The van der Waals surface area contributed by atoms with E-state index in [0.717, 1.165) is 13.1 Å². The molecule has 0 aromatic heterocycles. The van der Waals surface area contributed by atoms with Crippen molar-refractivity contribution in [1.29, 1.82) is 0 Å². The molecule has 0 aliphatic carbocycles. The fraction of sp³-hybridized carbons (Fsp3) is 0.385. The molecule has 1 aromatic carbocycles. The third-order valence-corrected chi connectivity index (χ3v) is 3.99. The van der Waals surface area contributed by atoms with Gasteiger partial charge in [-0.05, 0) is 34.1 Å². The maximum atomic E-state index is 13.0. The zero-order valence-corrected chi connectivity index (χ0v) is 13.2. The molecule has 1 aliphatic heterocycles. The van der Waals surface area contributed by atoms with E-state index in [0.29, 0.717) is 34.7 Å². The number of amides is 1. The van der Waals surface area contributed by atoms with Gasteiger partial charge in [-0.15, -0.1) is 0 Å². The molecule has 0 spiro atoms. The lowest BCUT2D eigenvalue weighted by molar-refractivity contribution is 0.0653. The first-order valence-electron chi connectivity index (χ1n) is 6.22. The Morgan fingerprint density at radius 1 is 1.35 bits per heavy atom. The van der Waals surface area contributed by atoms with Crippen molar-refractivity contribution in [2.45, 2.75) is 0 Å². The molecular formula is C13H15BrFN3OS. The highest BCUT2D eigenvalue weighted by atomic mass is 79.9. The molecule has 2 N–H and O–H groups in total. The van der Waals surface area contributed by atoms with Crippen molar-refractivity contribution in [2.75, 3.05) is 32.7 Å². The summed E-state index contributed by atoms with van der Waals surface area (Å²) in [6.45, 7) is 3.29. The molecule has 0 unspecified atom stereocenters. The van der Waals surface area contributed by atoms with Crippen LogP contribution in [0.2, 0.25) is 0 Å². The third kappa shape index (κ3) is 3.74. The minimum Gasteiger partial charge on any atom is -0.392 e. The number of thiocarbonyl (C=S) groups is 1. The second-order valence-electron chi connectivity index (χ2n) is 4.66. The van der Waals surface area contributed by atoms with Gasteiger partial charge < -0.3 is 10.6 Å². The highest BCUT2D eigenvalue weighted by molar-refractivity contribution is 9.10. The van der Waals surface area contributed by atoms with E-state index in [1.807, 2.05) is 0 Å². The summed E-state index contributed by atoms with van der Waals surface area (Å²) in [5.74, 6) is -0.457. The van der Waals surface area contributed by atoms with Crippen molar-refractivity contribution in [1.82, 2.24) is 9.80 Å². The van der Waals surface area contributed by atoms with Gasteiger partial charge in [-0.3, -0.25) is 9.69 Å². The van der Waals surface area contributed by atoms with Crippen LogP contribution < -0.4 is 5.73 Å². The number of carbonyl (C=O) groups is 1.